The molecule has 218 valence electrons. The van der Waals surface area contributed by atoms with Gasteiger partial charge in [0, 0.05) is 24.3 Å². The van der Waals surface area contributed by atoms with Crippen molar-refractivity contribution in [3.8, 4) is 33.5 Å². The zero-order valence-electron chi connectivity index (χ0n) is 24.9. The number of benzene rings is 2. The van der Waals surface area contributed by atoms with Gasteiger partial charge in [-0.3, -0.25) is 4.90 Å². The van der Waals surface area contributed by atoms with Gasteiger partial charge < -0.3 is 20.0 Å². The van der Waals surface area contributed by atoms with E-state index >= 15 is 0 Å². The second kappa shape index (κ2) is 13.0. The highest BCUT2D eigenvalue weighted by molar-refractivity contribution is 5.79. The summed E-state index contributed by atoms with van der Waals surface area (Å²) >= 11 is 0. The number of alkyl carbamates (subject to hydrolysis) is 1. The van der Waals surface area contributed by atoms with E-state index in [-0.39, 0.29) is 18.0 Å². The lowest BCUT2D eigenvalue weighted by atomic mass is 10.00. The maximum atomic E-state index is 11.9. The van der Waals surface area contributed by atoms with Crippen molar-refractivity contribution in [2.75, 3.05) is 20.7 Å². The lowest BCUT2D eigenvalue weighted by molar-refractivity contribution is 0.146. The number of aromatic nitrogens is 5. The van der Waals surface area contributed by atoms with Crippen molar-refractivity contribution in [3.63, 3.8) is 0 Å². The van der Waals surface area contributed by atoms with Crippen molar-refractivity contribution in [1.82, 2.24) is 35.1 Å². The SMILES string of the molecule is CCCC(c1nc2ncc(-c3ccc(-c4ccc(-c5cnc[nH]5)cc4)cc3)cc2[nH]1)N(C)CC(NC(=O)OC)C(C)C. The molecule has 2 unspecified atom stereocenters. The molecule has 3 aromatic heterocycles. The molecule has 1 amide bonds. The molecule has 2 atom stereocenters. The fourth-order valence-electron chi connectivity index (χ4n) is 5.26. The topological polar surface area (TPSA) is 112 Å². The Bertz CT molecular complexity index is 1590. The Balaban J connectivity index is 1.33. The molecule has 9 nitrogen and oxygen atoms in total. The molecule has 5 rings (SSSR count). The molecule has 3 N–H and O–H groups in total. The van der Waals surface area contributed by atoms with Gasteiger partial charge in [0.25, 0.3) is 0 Å². The number of nitrogens with one attached hydrogen (secondary N) is 3. The van der Waals surface area contributed by atoms with Crippen LogP contribution < -0.4 is 5.32 Å². The fourth-order valence-corrected chi connectivity index (χ4v) is 5.26. The Morgan fingerprint density at radius 2 is 1.62 bits per heavy atom. The molecule has 0 bridgehead atoms. The van der Waals surface area contributed by atoms with E-state index < -0.39 is 6.09 Å². The van der Waals surface area contributed by atoms with Crippen LogP contribution in [0.4, 0.5) is 4.79 Å². The van der Waals surface area contributed by atoms with Crippen LogP contribution >= 0.6 is 0 Å². The molecule has 9 heteroatoms. The highest BCUT2D eigenvalue weighted by Crippen LogP contribution is 2.29. The minimum Gasteiger partial charge on any atom is -0.453 e. The van der Waals surface area contributed by atoms with E-state index in [1.807, 2.05) is 12.4 Å². The van der Waals surface area contributed by atoms with Crippen LogP contribution in [-0.2, 0) is 4.74 Å². The predicted octanol–water partition coefficient (Wildman–Crippen LogP) is 6.84. The summed E-state index contributed by atoms with van der Waals surface area (Å²) in [6.45, 7) is 7.04. The number of rotatable bonds is 11. The summed E-state index contributed by atoms with van der Waals surface area (Å²) in [6.07, 6.45) is 6.92. The number of aromatic amines is 2. The van der Waals surface area contributed by atoms with Crippen LogP contribution in [0.15, 0.2) is 73.3 Å². The summed E-state index contributed by atoms with van der Waals surface area (Å²) in [6, 6.07) is 19.1. The van der Waals surface area contributed by atoms with E-state index in [0.29, 0.717) is 12.2 Å². The monoisotopic (exact) mass is 565 g/mol. The first-order chi connectivity index (χ1) is 20.4. The Morgan fingerprint density at radius 1 is 0.976 bits per heavy atom. The smallest absolute Gasteiger partial charge is 0.407 e. The highest BCUT2D eigenvalue weighted by atomic mass is 16.5. The number of ether oxygens (including phenoxy) is 1. The summed E-state index contributed by atoms with van der Waals surface area (Å²) in [5.41, 5.74) is 8.15. The molecule has 0 spiro atoms. The largest absolute Gasteiger partial charge is 0.453 e. The summed E-state index contributed by atoms with van der Waals surface area (Å²) in [4.78, 5) is 34.5. The number of hydrogen-bond acceptors (Lipinski definition) is 6. The number of nitrogens with zero attached hydrogens (tertiary/aromatic N) is 4. The Labute approximate surface area is 246 Å². The van der Waals surface area contributed by atoms with Crippen LogP contribution in [0.1, 0.15) is 45.5 Å². The van der Waals surface area contributed by atoms with Crippen molar-refractivity contribution in [2.24, 2.45) is 5.92 Å². The second-order valence-corrected chi connectivity index (χ2v) is 11.1. The van der Waals surface area contributed by atoms with Crippen LogP contribution in [0.3, 0.4) is 0 Å². The number of imidazole rings is 2. The first kappa shape index (κ1) is 29.0. The number of carbonyl (C=O) groups is 1. The van der Waals surface area contributed by atoms with Gasteiger partial charge in [0.15, 0.2) is 5.65 Å². The molecular formula is C33H39N7O2. The number of hydrogen-bond donors (Lipinski definition) is 3. The number of likely N-dealkylation sites (N-methyl/N-ethyl adjacent to an activating group) is 1. The lowest BCUT2D eigenvalue weighted by Crippen LogP contribution is -2.46. The Morgan fingerprint density at radius 3 is 2.19 bits per heavy atom. The molecule has 3 heterocycles. The molecule has 0 aliphatic heterocycles. The highest BCUT2D eigenvalue weighted by Gasteiger charge is 2.25. The van der Waals surface area contributed by atoms with E-state index in [0.717, 1.165) is 57.7 Å². The first-order valence-electron chi connectivity index (χ1n) is 14.5. The molecule has 0 saturated heterocycles. The number of amides is 1. The Kier molecular flexibility index (Phi) is 8.97. The number of methoxy groups -OCH3 is 1. The quantitative estimate of drug-likeness (QED) is 0.162. The van der Waals surface area contributed by atoms with Gasteiger partial charge >= 0.3 is 6.09 Å². The van der Waals surface area contributed by atoms with E-state index in [4.69, 9.17) is 14.7 Å². The van der Waals surface area contributed by atoms with Crippen molar-refractivity contribution in [2.45, 2.75) is 45.7 Å². The van der Waals surface area contributed by atoms with E-state index in [9.17, 15) is 4.79 Å². The van der Waals surface area contributed by atoms with Gasteiger partial charge in [0.05, 0.1) is 36.9 Å². The standard InChI is InChI=1S/C33H39N7O2/c1-6-7-30(40(4)19-29(21(2)3)38-33(41)42-5)32-37-27-16-26(17-35-31(27)39-32)24-10-8-22(9-11-24)23-12-14-25(15-13-23)28-18-34-20-36-28/h8-18,20-21,29-30H,6-7,19H2,1-5H3,(H,34,36)(H,38,41)(H,35,37,39). The molecule has 5 aromatic rings. The summed E-state index contributed by atoms with van der Waals surface area (Å²) in [5.74, 6) is 1.13. The third-order valence-electron chi connectivity index (χ3n) is 7.79. The van der Waals surface area contributed by atoms with Gasteiger partial charge in [-0.15, -0.1) is 0 Å². The van der Waals surface area contributed by atoms with E-state index in [1.165, 1.54) is 7.11 Å². The summed E-state index contributed by atoms with van der Waals surface area (Å²) < 4.78 is 4.84. The molecule has 2 aromatic carbocycles. The molecule has 0 radical (unpaired) electrons. The molecule has 0 saturated carbocycles. The van der Waals surface area contributed by atoms with E-state index in [1.54, 1.807) is 6.33 Å². The molecule has 42 heavy (non-hydrogen) atoms. The van der Waals surface area contributed by atoms with Gasteiger partial charge in [-0.25, -0.2) is 19.7 Å². The van der Waals surface area contributed by atoms with Crippen LogP contribution in [0.2, 0.25) is 0 Å². The van der Waals surface area contributed by atoms with Crippen LogP contribution in [0, 0.1) is 5.92 Å². The molecule has 0 aliphatic rings. The molecule has 0 fully saturated rings. The van der Waals surface area contributed by atoms with Crippen LogP contribution in [0.25, 0.3) is 44.7 Å². The van der Waals surface area contributed by atoms with E-state index in [2.05, 4.69) is 108 Å². The zero-order chi connectivity index (χ0) is 29.6. The first-order valence-corrected chi connectivity index (χ1v) is 14.5. The average molecular weight is 566 g/mol. The normalized spacial score (nSPS) is 13.0. The minimum atomic E-state index is -0.411. The lowest BCUT2D eigenvalue weighted by Gasteiger charge is -2.32. The Hall–Kier alpha value is -4.50. The zero-order valence-corrected chi connectivity index (χ0v) is 24.9. The van der Waals surface area contributed by atoms with Gasteiger partial charge in [-0.1, -0.05) is 75.7 Å². The van der Waals surface area contributed by atoms with Crippen molar-refractivity contribution < 1.29 is 9.53 Å². The summed E-state index contributed by atoms with van der Waals surface area (Å²) in [7, 11) is 3.47. The van der Waals surface area contributed by atoms with Crippen molar-refractivity contribution >= 4 is 17.3 Å². The maximum absolute atomic E-state index is 11.9. The van der Waals surface area contributed by atoms with Crippen molar-refractivity contribution in [3.05, 3.63) is 79.1 Å². The van der Waals surface area contributed by atoms with Gasteiger partial charge in [0.2, 0.25) is 0 Å². The predicted molar refractivity (Wildman–Crippen MR) is 167 cm³/mol. The third-order valence-corrected chi connectivity index (χ3v) is 7.79. The minimum absolute atomic E-state index is 0.0480. The fraction of sp³-hybridized carbons (Fsp3) is 0.333. The van der Waals surface area contributed by atoms with Crippen LogP contribution in [0.5, 0.6) is 0 Å². The second-order valence-electron chi connectivity index (χ2n) is 11.1. The molecular weight excluding hydrogens is 526 g/mol. The van der Waals surface area contributed by atoms with Gasteiger partial charge in [-0.2, -0.15) is 0 Å². The van der Waals surface area contributed by atoms with Gasteiger partial charge in [0.1, 0.15) is 5.82 Å². The number of fused-ring (bicyclic) bond motifs is 1. The number of H-pyrrole nitrogens is 2. The maximum Gasteiger partial charge on any atom is 0.407 e. The third kappa shape index (κ3) is 6.52. The average Bonchev–Trinajstić information content (AvgIpc) is 3.70. The van der Waals surface area contributed by atoms with Crippen molar-refractivity contribution in [1.29, 1.82) is 0 Å². The number of pyridine rings is 1. The summed E-state index contributed by atoms with van der Waals surface area (Å²) in [5, 5.41) is 2.97. The number of carbonyl (C=O) groups excluding carboxylic acids is 1. The molecule has 0 aliphatic carbocycles. The van der Waals surface area contributed by atoms with Gasteiger partial charge in [-0.05, 0) is 47.7 Å². The van der Waals surface area contributed by atoms with Crippen LogP contribution in [-0.4, -0.2) is 62.7 Å².